The Morgan fingerprint density at radius 1 is 1.15 bits per heavy atom. The lowest BCUT2D eigenvalue weighted by Gasteiger charge is -2.09. The number of anilines is 2. The van der Waals surface area contributed by atoms with Gasteiger partial charge in [-0.25, -0.2) is 4.79 Å². The van der Waals surface area contributed by atoms with Crippen LogP contribution in [0.3, 0.4) is 0 Å². The number of rotatable bonds is 5. The molecule has 0 radical (unpaired) electrons. The maximum atomic E-state index is 12.1. The predicted octanol–water partition coefficient (Wildman–Crippen LogP) is 3.90. The van der Waals surface area contributed by atoms with Crippen molar-refractivity contribution in [3.63, 3.8) is 0 Å². The molecule has 2 N–H and O–H groups in total. The number of urea groups is 1. The maximum Gasteiger partial charge on any atom is 0.325 e. The van der Waals surface area contributed by atoms with Gasteiger partial charge in [0.05, 0.1) is 17.7 Å². The number of hydrogen-bond acceptors (Lipinski definition) is 6. The summed E-state index contributed by atoms with van der Waals surface area (Å²) in [6.45, 7) is 0. The van der Waals surface area contributed by atoms with Crippen molar-refractivity contribution < 1.29 is 19.0 Å². The Hall–Kier alpha value is -3.88. The summed E-state index contributed by atoms with van der Waals surface area (Å²) < 4.78 is 10.3. The number of hydrogen-bond donors (Lipinski definition) is 2. The van der Waals surface area contributed by atoms with Gasteiger partial charge < -0.3 is 14.6 Å². The summed E-state index contributed by atoms with van der Waals surface area (Å²) in [5, 5.41) is 19.7. The molecule has 0 saturated heterocycles. The molecule has 0 saturated carbocycles. The third-order valence-corrected chi connectivity index (χ3v) is 3.45. The second kappa shape index (κ2) is 7.34. The fraction of sp³-hybridized carbons (Fsp3) is 0.0588. The number of nitrogens with one attached hydrogen (secondary N) is 2. The second-order valence-electron chi connectivity index (χ2n) is 5.16. The van der Waals surface area contributed by atoms with E-state index in [0.29, 0.717) is 5.76 Å². The van der Waals surface area contributed by atoms with E-state index in [4.69, 9.17) is 9.26 Å². The molecule has 0 bridgehead atoms. The first kappa shape index (κ1) is 17.0. The number of amides is 2. The first-order valence-corrected chi connectivity index (χ1v) is 7.49. The van der Waals surface area contributed by atoms with Crippen LogP contribution in [0.1, 0.15) is 0 Å². The van der Waals surface area contributed by atoms with Crippen molar-refractivity contribution in [1.82, 2.24) is 5.16 Å². The molecule has 3 aromatic rings. The van der Waals surface area contributed by atoms with Gasteiger partial charge in [0.1, 0.15) is 5.75 Å². The number of ether oxygens (including phenoxy) is 1. The van der Waals surface area contributed by atoms with E-state index in [1.54, 1.807) is 6.07 Å². The van der Waals surface area contributed by atoms with Crippen LogP contribution in [0.15, 0.2) is 59.1 Å². The first-order valence-electron chi connectivity index (χ1n) is 7.49. The molecular weight excluding hydrogens is 340 g/mol. The average molecular weight is 354 g/mol. The molecule has 9 heteroatoms. The monoisotopic (exact) mass is 354 g/mol. The van der Waals surface area contributed by atoms with Crippen molar-refractivity contribution in [3.05, 3.63) is 64.7 Å². The largest absolute Gasteiger partial charge is 0.495 e. The van der Waals surface area contributed by atoms with Crippen molar-refractivity contribution in [3.8, 4) is 17.1 Å². The first-order chi connectivity index (χ1) is 12.6. The van der Waals surface area contributed by atoms with Crippen LogP contribution in [0, 0.1) is 10.1 Å². The molecule has 3 rings (SSSR count). The van der Waals surface area contributed by atoms with E-state index in [9.17, 15) is 14.9 Å². The van der Waals surface area contributed by atoms with E-state index >= 15 is 0 Å². The lowest BCUT2D eigenvalue weighted by molar-refractivity contribution is -0.384. The molecule has 132 valence electrons. The molecule has 0 spiro atoms. The predicted molar refractivity (Wildman–Crippen MR) is 94.2 cm³/mol. The number of nitro benzene ring substituents is 1. The number of nitrogens with zero attached hydrogens (tertiary/aromatic N) is 2. The number of non-ortho nitro benzene ring substituents is 1. The van der Waals surface area contributed by atoms with Crippen molar-refractivity contribution in [2.24, 2.45) is 0 Å². The fourth-order valence-corrected chi connectivity index (χ4v) is 2.25. The molecule has 0 aliphatic rings. The zero-order chi connectivity index (χ0) is 18.5. The molecule has 0 atom stereocenters. The van der Waals surface area contributed by atoms with Crippen LogP contribution in [0.5, 0.6) is 5.75 Å². The number of nitro groups is 1. The number of benzene rings is 2. The van der Waals surface area contributed by atoms with Crippen molar-refractivity contribution >= 4 is 23.2 Å². The van der Waals surface area contributed by atoms with E-state index in [2.05, 4.69) is 15.8 Å². The Morgan fingerprint density at radius 3 is 2.62 bits per heavy atom. The van der Waals surface area contributed by atoms with Gasteiger partial charge in [-0.2, -0.15) is 0 Å². The highest BCUT2D eigenvalue weighted by Crippen LogP contribution is 2.29. The molecule has 0 aliphatic heterocycles. The van der Waals surface area contributed by atoms with Gasteiger partial charge in [-0.3, -0.25) is 15.4 Å². The van der Waals surface area contributed by atoms with Crippen molar-refractivity contribution in [2.45, 2.75) is 0 Å². The van der Waals surface area contributed by atoms with Crippen LogP contribution in [-0.4, -0.2) is 23.2 Å². The summed E-state index contributed by atoms with van der Waals surface area (Å²) >= 11 is 0. The normalized spacial score (nSPS) is 10.2. The van der Waals surface area contributed by atoms with Crippen molar-refractivity contribution in [2.75, 3.05) is 17.7 Å². The van der Waals surface area contributed by atoms with Gasteiger partial charge >= 0.3 is 6.03 Å². The topological polar surface area (TPSA) is 120 Å². The molecule has 1 aromatic heterocycles. The summed E-state index contributed by atoms with van der Waals surface area (Å²) in [7, 11) is 1.40. The standard InChI is InChI=1S/C17H14N4O5/c1-25-14-8-7-12(21(23)24)9-13(14)18-17(22)19-16-10-15(26-20-16)11-5-3-2-4-6-11/h2-10H,1H3,(H2,18,19,20,22). The number of methoxy groups -OCH3 is 1. The van der Waals surface area contributed by atoms with Crippen LogP contribution in [0.25, 0.3) is 11.3 Å². The van der Waals surface area contributed by atoms with Gasteiger partial charge in [0.15, 0.2) is 11.6 Å². The molecule has 26 heavy (non-hydrogen) atoms. The van der Waals surface area contributed by atoms with Gasteiger partial charge in [-0.1, -0.05) is 35.5 Å². The number of carbonyl (C=O) groups excluding carboxylic acids is 1. The fourth-order valence-electron chi connectivity index (χ4n) is 2.25. The quantitative estimate of drug-likeness (QED) is 0.529. The molecule has 0 unspecified atom stereocenters. The summed E-state index contributed by atoms with van der Waals surface area (Å²) in [6.07, 6.45) is 0. The van der Waals surface area contributed by atoms with Gasteiger partial charge in [0.2, 0.25) is 0 Å². The van der Waals surface area contributed by atoms with E-state index < -0.39 is 11.0 Å². The Morgan fingerprint density at radius 2 is 1.92 bits per heavy atom. The molecular formula is C17H14N4O5. The minimum Gasteiger partial charge on any atom is -0.495 e. The molecule has 9 nitrogen and oxygen atoms in total. The minimum absolute atomic E-state index is 0.158. The summed E-state index contributed by atoms with van der Waals surface area (Å²) in [5.41, 5.74) is 0.800. The Bertz CT molecular complexity index is 939. The SMILES string of the molecule is COc1ccc([N+](=O)[O-])cc1NC(=O)Nc1cc(-c2ccccc2)on1. The molecule has 0 aliphatic carbocycles. The van der Waals surface area contributed by atoms with Gasteiger partial charge in [0, 0.05) is 23.8 Å². The zero-order valence-electron chi connectivity index (χ0n) is 13.6. The molecule has 2 amide bonds. The third-order valence-electron chi connectivity index (χ3n) is 3.45. The van der Waals surface area contributed by atoms with Gasteiger partial charge in [-0.05, 0) is 6.07 Å². The lowest BCUT2D eigenvalue weighted by Crippen LogP contribution is -2.20. The Labute approximate surface area is 147 Å². The van der Waals surface area contributed by atoms with Crippen LogP contribution in [0.4, 0.5) is 22.0 Å². The zero-order valence-corrected chi connectivity index (χ0v) is 13.6. The second-order valence-corrected chi connectivity index (χ2v) is 5.16. The lowest BCUT2D eigenvalue weighted by atomic mass is 10.2. The smallest absolute Gasteiger partial charge is 0.325 e. The number of aromatic nitrogens is 1. The molecule has 2 aromatic carbocycles. The summed E-state index contributed by atoms with van der Waals surface area (Å²) in [5.74, 6) is 0.982. The highest BCUT2D eigenvalue weighted by atomic mass is 16.6. The highest BCUT2D eigenvalue weighted by Gasteiger charge is 2.15. The highest BCUT2D eigenvalue weighted by molar-refractivity contribution is 6.00. The van der Waals surface area contributed by atoms with Gasteiger partial charge in [-0.15, -0.1) is 0 Å². The molecule has 1 heterocycles. The number of carbonyl (C=O) groups is 1. The molecule has 0 fully saturated rings. The Kier molecular flexibility index (Phi) is 4.79. The average Bonchev–Trinajstić information content (AvgIpc) is 3.10. The summed E-state index contributed by atoms with van der Waals surface area (Å²) in [6, 6.07) is 14.1. The van der Waals surface area contributed by atoms with Gasteiger partial charge in [0.25, 0.3) is 5.69 Å². The van der Waals surface area contributed by atoms with Crippen molar-refractivity contribution in [1.29, 1.82) is 0 Å². The van der Waals surface area contributed by atoms with E-state index in [0.717, 1.165) is 5.56 Å². The van der Waals surface area contributed by atoms with E-state index in [-0.39, 0.29) is 22.9 Å². The van der Waals surface area contributed by atoms with Crippen LogP contribution in [-0.2, 0) is 0 Å². The van der Waals surface area contributed by atoms with Crippen LogP contribution in [0.2, 0.25) is 0 Å². The van der Waals surface area contributed by atoms with Crippen LogP contribution >= 0.6 is 0 Å². The summed E-state index contributed by atoms with van der Waals surface area (Å²) in [4.78, 5) is 22.5. The minimum atomic E-state index is -0.642. The van der Waals surface area contributed by atoms with Crippen LogP contribution < -0.4 is 15.4 Å². The Balaban J connectivity index is 1.73. The van der Waals surface area contributed by atoms with E-state index in [1.165, 1.54) is 25.3 Å². The maximum absolute atomic E-state index is 12.1. The van der Waals surface area contributed by atoms with E-state index in [1.807, 2.05) is 30.3 Å². The third kappa shape index (κ3) is 3.78.